The van der Waals surface area contributed by atoms with Crippen molar-refractivity contribution in [2.45, 2.75) is 37.8 Å². The Labute approximate surface area is 99.4 Å². The Kier molecular flexibility index (Phi) is 4.00. The molecule has 0 unspecified atom stereocenters. The van der Waals surface area contributed by atoms with Crippen molar-refractivity contribution in [2.24, 2.45) is 0 Å². The molecule has 0 radical (unpaired) electrons. The van der Waals surface area contributed by atoms with Crippen molar-refractivity contribution in [1.82, 2.24) is 20.8 Å². The molecule has 1 aromatic heterocycles. The van der Waals surface area contributed by atoms with Gasteiger partial charge in [0, 0.05) is 18.4 Å². The number of aliphatic hydroxyl groups excluding tert-OH is 1. The lowest BCUT2D eigenvalue weighted by Gasteiger charge is -2.26. The molecule has 2 atom stereocenters. The van der Waals surface area contributed by atoms with Gasteiger partial charge in [-0.2, -0.15) is 0 Å². The quantitative estimate of drug-likeness (QED) is 0.644. The number of nitrogens with zero attached hydrogens (tertiary/aromatic N) is 2. The van der Waals surface area contributed by atoms with E-state index in [-0.39, 0.29) is 18.1 Å². The molecule has 0 aromatic carbocycles. The Hall–Kier alpha value is -1.53. The molecule has 2 rings (SSSR count). The molecule has 6 heteroatoms. The molecular formula is C11H16N4O2. The van der Waals surface area contributed by atoms with E-state index < -0.39 is 0 Å². The average Bonchev–Trinajstić information content (AvgIpc) is 2.37. The number of amides is 1. The Morgan fingerprint density at radius 3 is 2.82 bits per heavy atom. The first-order valence-electron chi connectivity index (χ1n) is 5.74. The van der Waals surface area contributed by atoms with E-state index in [0.717, 1.165) is 19.3 Å². The molecule has 1 heterocycles. The second kappa shape index (κ2) is 5.70. The zero-order valence-corrected chi connectivity index (χ0v) is 9.47. The van der Waals surface area contributed by atoms with Crippen molar-refractivity contribution in [3.05, 3.63) is 24.3 Å². The molecule has 6 nitrogen and oxygen atoms in total. The number of hydrogen-bond acceptors (Lipinski definition) is 5. The lowest BCUT2D eigenvalue weighted by atomic mass is 9.93. The van der Waals surface area contributed by atoms with E-state index in [4.69, 9.17) is 0 Å². The van der Waals surface area contributed by atoms with Gasteiger partial charge >= 0.3 is 0 Å². The molecule has 1 fully saturated rings. The van der Waals surface area contributed by atoms with Crippen LogP contribution >= 0.6 is 0 Å². The van der Waals surface area contributed by atoms with E-state index in [9.17, 15) is 9.90 Å². The van der Waals surface area contributed by atoms with Crippen molar-refractivity contribution in [3.8, 4) is 0 Å². The third-order valence-electron chi connectivity index (χ3n) is 2.86. The van der Waals surface area contributed by atoms with E-state index in [0.29, 0.717) is 12.0 Å². The normalized spacial score (nSPS) is 24.3. The first-order chi connectivity index (χ1) is 8.25. The number of hydrazine groups is 1. The van der Waals surface area contributed by atoms with E-state index in [1.54, 1.807) is 0 Å². The number of nitrogens with one attached hydrogen (secondary N) is 2. The van der Waals surface area contributed by atoms with Crippen LogP contribution in [0.15, 0.2) is 18.7 Å². The van der Waals surface area contributed by atoms with Gasteiger partial charge in [0.05, 0.1) is 11.7 Å². The zero-order chi connectivity index (χ0) is 12.1. The Morgan fingerprint density at radius 2 is 2.12 bits per heavy atom. The summed E-state index contributed by atoms with van der Waals surface area (Å²) < 4.78 is 0. The maximum atomic E-state index is 11.7. The van der Waals surface area contributed by atoms with Gasteiger partial charge in [-0.25, -0.2) is 15.4 Å². The van der Waals surface area contributed by atoms with Gasteiger partial charge in [-0.1, -0.05) is 0 Å². The topological polar surface area (TPSA) is 87.1 Å². The number of hydrogen-bond donors (Lipinski definition) is 3. The molecule has 0 bridgehead atoms. The Bertz CT molecular complexity index is 371. The average molecular weight is 236 g/mol. The van der Waals surface area contributed by atoms with Gasteiger partial charge in [0.2, 0.25) is 0 Å². The third-order valence-corrected chi connectivity index (χ3v) is 2.86. The van der Waals surface area contributed by atoms with Crippen molar-refractivity contribution < 1.29 is 9.90 Å². The van der Waals surface area contributed by atoms with Crippen LogP contribution in [0, 0.1) is 0 Å². The summed E-state index contributed by atoms with van der Waals surface area (Å²) in [6.45, 7) is 0. The summed E-state index contributed by atoms with van der Waals surface area (Å²) in [5, 5.41) is 9.49. The highest BCUT2D eigenvalue weighted by molar-refractivity contribution is 5.93. The van der Waals surface area contributed by atoms with Crippen molar-refractivity contribution in [2.75, 3.05) is 0 Å². The highest BCUT2D eigenvalue weighted by Crippen LogP contribution is 2.17. The summed E-state index contributed by atoms with van der Waals surface area (Å²) in [5.74, 6) is -0.259. The second-order valence-corrected chi connectivity index (χ2v) is 4.24. The lowest BCUT2D eigenvalue weighted by molar-refractivity contribution is 0.0859. The van der Waals surface area contributed by atoms with Crippen LogP contribution in [0.3, 0.4) is 0 Å². The van der Waals surface area contributed by atoms with E-state index >= 15 is 0 Å². The molecular weight excluding hydrogens is 220 g/mol. The molecule has 17 heavy (non-hydrogen) atoms. The minimum atomic E-state index is -0.266. The van der Waals surface area contributed by atoms with Gasteiger partial charge in [0.15, 0.2) is 0 Å². The highest BCUT2D eigenvalue weighted by Gasteiger charge is 2.20. The molecule has 0 saturated heterocycles. The number of rotatable bonds is 3. The van der Waals surface area contributed by atoms with Gasteiger partial charge in [-0.3, -0.25) is 10.2 Å². The molecule has 1 amide bonds. The fraction of sp³-hybridized carbons (Fsp3) is 0.545. The van der Waals surface area contributed by atoms with Crippen molar-refractivity contribution >= 4 is 5.91 Å². The minimum absolute atomic E-state index is 0.132. The van der Waals surface area contributed by atoms with Crippen LogP contribution < -0.4 is 10.9 Å². The molecule has 1 aliphatic rings. The largest absolute Gasteiger partial charge is 0.393 e. The van der Waals surface area contributed by atoms with Crippen LogP contribution in [0.1, 0.15) is 36.0 Å². The number of aromatic nitrogens is 2. The summed E-state index contributed by atoms with van der Waals surface area (Å²) in [5.41, 5.74) is 5.96. The van der Waals surface area contributed by atoms with Gasteiger partial charge in [-0.05, 0) is 25.7 Å². The Morgan fingerprint density at radius 1 is 1.35 bits per heavy atom. The molecule has 1 saturated carbocycles. The van der Waals surface area contributed by atoms with Gasteiger partial charge in [0.1, 0.15) is 6.33 Å². The molecule has 0 spiro atoms. The van der Waals surface area contributed by atoms with E-state index in [2.05, 4.69) is 20.8 Å². The van der Waals surface area contributed by atoms with Gasteiger partial charge in [-0.15, -0.1) is 0 Å². The number of carbonyl (C=O) groups is 1. The summed E-state index contributed by atoms with van der Waals surface area (Å²) in [6.07, 6.45) is 7.48. The maximum absolute atomic E-state index is 11.7. The first-order valence-corrected chi connectivity index (χ1v) is 5.74. The van der Waals surface area contributed by atoms with E-state index in [1.165, 1.54) is 18.7 Å². The third kappa shape index (κ3) is 3.47. The van der Waals surface area contributed by atoms with E-state index in [1.807, 2.05) is 0 Å². The second-order valence-electron chi connectivity index (χ2n) is 4.24. The summed E-state index contributed by atoms with van der Waals surface area (Å²) in [7, 11) is 0. The lowest BCUT2D eigenvalue weighted by Crippen LogP contribution is -2.47. The Balaban J connectivity index is 1.80. The highest BCUT2D eigenvalue weighted by atomic mass is 16.3. The minimum Gasteiger partial charge on any atom is -0.393 e. The maximum Gasteiger partial charge on any atom is 0.268 e. The summed E-state index contributed by atoms with van der Waals surface area (Å²) in [6, 6.07) is 0.132. The van der Waals surface area contributed by atoms with Crippen LogP contribution in [-0.2, 0) is 0 Å². The van der Waals surface area contributed by atoms with Crippen molar-refractivity contribution in [3.63, 3.8) is 0 Å². The summed E-state index contributed by atoms with van der Waals surface area (Å²) >= 11 is 0. The SMILES string of the molecule is O=C(NN[C@@H]1CCC[C@H](O)C1)c1cncnc1. The molecule has 1 aliphatic carbocycles. The van der Waals surface area contributed by atoms with Gasteiger partial charge in [0.25, 0.3) is 5.91 Å². The molecule has 0 aliphatic heterocycles. The van der Waals surface area contributed by atoms with Crippen LogP contribution in [0.2, 0.25) is 0 Å². The number of carbonyl (C=O) groups excluding carboxylic acids is 1. The van der Waals surface area contributed by atoms with Gasteiger partial charge < -0.3 is 5.11 Å². The van der Waals surface area contributed by atoms with Crippen LogP contribution in [0.5, 0.6) is 0 Å². The summed E-state index contributed by atoms with van der Waals surface area (Å²) in [4.78, 5) is 19.2. The smallest absolute Gasteiger partial charge is 0.268 e. The fourth-order valence-electron chi connectivity index (χ4n) is 1.95. The fourth-order valence-corrected chi connectivity index (χ4v) is 1.95. The monoisotopic (exact) mass is 236 g/mol. The van der Waals surface area contributed by atoms with Crippen molar-refractivity contribution in [1.29, 1.82) is 0 Å². The molecule has 3 N–H and O–H groups in total. The molecule has 1 aromatic rings. The zero-order valence-electron chi connectivity index (χ0n) is 9.47. The van der Waals surface area contributed by atoms with Crippen LogP contribution in [-0.4, -0.2) is 33.1 Å². The van der Waals surface area contributed by atoms with Crippen LogP contribution in [0.4, 0.5) is 0 Å². The number of aliphatic hydroxyl groups is 1. The predicted octanol–water partition coefficient (Wildman–Crippen LogP) is 0.0145. The standard InChI is InChI=1S/C11H16N4O2/c16-10-3-1-2-9(4-10)14-15-11(17)8-5-12-7-13-6-8/h5-7,9-10,14,16H,1-4H2,(H,15,17)/t9-,10+/m1/s1. The molecule has 92 valence electrons. The predicted molar refractivity (Wildman–Crippen MR) is 60.9 cm³/mol. The first kappa shape index (κ1) is 11.9. The van der Waals surface area contributed by atoms with Crippen LogP contribution in [0.25, 0.3) is 0 Å².